The lowest BCUT2D eigenvalue weighted by atomic mass is 10.1. The number of anilines is 1. The fourth-order valence-electron chi connectivity index (χ4n) is 2.31. The second kappa shape index (κ2) is 9.22. The van der Waals surface area contributed by atoms with Gasteiger partial charge in [-0.1, -0.05) is 6.07 Å². The summed E-state index contributed by atoms with van der Waals surface area (Å²) in [6.07, 6.45) is 0.728. The number of ether oxygens (including phenoxy) is 2. The number of hydrogen-bond acceptors (Lipinski definition) is 5. The van der Waals surface area contributed by atoms with Gasteiger partial charge in [-0.3, -0.25) is 4.79 Å². The van der Waals surface area contributed by atoms with Crippen LogP contribution in [0.3, 0.4) is 0 Å². The fraction of sp³-hybridized carbons (Fsp3) is 0.316. The number of thioether (sulfide) groups is 1. The highest BCUT2D eigenvalue weighted by atomic mass is 32.2. The standard InChI is InChI=1S/C19H24N2O3S/c1-13(25-16-7-5-15(20)6-8-16)19(22)21-11-10-14-4-9-17(23-2)18(12-14)24-3/h4-9,12-13H,10-11,20H2,1-3H3,(H,21,22). The molecule has 2 aromatic carbocycles. The van der Waals surface area contributed by atoms with Crippen molar-refractivity contribution in [3.8, 4) is 11.5 Å². The number of methoxy groups -OCH3 is 2. The van der Waals surface area contributed by atoms with E-state index in [1.54, 1.807) is 14.2 Å². The minimum absolute atomic E-state index is 0.0160. The Morgan fingerprint density at radius 3 is 2.44 bits per heavy atom. The van der Waals surface area contributed by atoms with Crippen LogP contribution < -0.4 is 20.5 Å². The summed E-state index contributed by atoms with van der Waals surface area (Å²) in [5, 5.41) is 2.80. The average molecular weight is 360 g/mol. The van der Waals surface area contributed by atoms with Crippen molar-refractivity contribution in [3.63, 3.8) is 0 Å². The van der Waals surface area contributed by atoms with E-state index in [-0.39, 0.29) is 11.2 Å². The topological polar surface area (TPSA) is 73.6 Å². The van der Waals surface area contributed by atoms with Crippen LogP contribution in [0.25, 0.3) is 0 Å². The van der Waals surface area contributed by atoms with Gasteiger partial charge in [-0.05, 0) is 55.3 Å². The van der Waals surface area contributed by atoms with Gasteiger partial charge in [0.1, 0.15) is 0 Å². The third-order valence-corrected chi connectivity index (χ3v) is 4.84. The van der Waals surface area contributed by atoms with Crippen molar-refractivity contribution in [2.24, 2.45) is 0 Å². The largest absolute Gasteiger partial charge is 0.493 e. The number of rotatable bonds is 8. The van der Waals surface area contributed by atoms with Gasteiger partial charge >= 0.3 is 0 Å². The summed E-state index contributed by atoms with van der Waals surface area (Å²) in [6.45, 7) is 2.47. The van der Waals surface area contributed by atoms with E-state index in [4.69, 9.17) is 15.2 Å². The van der Waals surface area contributed by atoms with Gasteiger partial charge in [-0.2, -0.15) is 0 Å². The molecule has 5 nitrogen and oxygen atoms in total. The van der Waals surface area contributed by atoms with Crippen molar-refractivity contribution in [1.29, 1.82) is 0 Å². The van der Waals surface area contributed by atoms with Crippen LogP contribution >= 0.6 is 11.8 Å². The zero-order valence-corrected chi connectivity index (χ0v) is 15.6. The second-order valence-corrected chi connectivity index (χ2v) is 6.97. The minimum atomic E-state index is -0.172. The Hall–Kier alpha value is -2.34. The molecule has 0 spiro atoms. The van der Waals surface area contributed by atoms with Gasteiger partial charge in [0.15, 0.2) is 11.5 Å². The van der Waals surface area contributed by atoms with Gasteiger partial charge in [0, 0.05) is 17.1 Å². The van der Waals surface area contributed by atoms with E-state index in [9.17, 15) is 4.79 Å². The van der Waals surface area contributed by atoms with Crippen LogP contribution in [0, 0.1) is 0 Å². The van der Waals surface area contributed by atoms with Gasteiger partial charge in [0.2, 0.25) is 5.91 Å². The molecule has 0 aliphatic carbocycles. The summed E-state index contributed by atoms with van der Waals surface area (Å²) in [6, 6.07) is 13.3. The summed E-state index contributed by atoms with van der Waals surface area (Å²) in [5.41, 5.74) is 7.47. The monoisotopic (exact) mass is 360 g/mol. The Labute approximate surface area is 152 Å². The number of carbonyl (C=O) groups is 1. The maximum absolute atomic E-state index is 12.2. The van der Waals surface area contributed by atoms with Crippen molar-refractivity contribution in [1.82, 2.24) is 5.32 Å². The van der Waals surface area contributed by atoms with E-state index >= 15 is 0 Å². The van der Waals surface area contributed by atoms with Gasteiger partial charge in [-0.15, -0.1) is 11.8 Å². The summed E-state index contributed by atoms with van der Waals surface area (Å²) >= 11 is 1.51. The normalized spacial score (nSPS) is 11.6. The fourth-order valence-corrected chi connectivity index (χ4v) is 3.21. The van der Waals surface area contributed by atoms with Crippen molar-refractivity contribution >= 4 is 23.4 Å². The Balaban J connectivity index is 1.82. The lowest BCUT2D eigenvalue weighted by molar-refractivity contribution is -0.120. The molecule has 0 fully saturated rings. The first-order valence-electron chi connectivity index (χ1n) is 8.04. The Kier molecular flexibility index (Phi) is 7.01. The molecule has 25 heavy (non-hydrogen) atoms. The highest BCUT2D eigenvalue weighted by Gasteiger charge is 2.14. The van der Waals surface area contributed by atoms with E-state index in [2.05, 4.69) is 5.32 Å². The van der Waals surface area contributed by atoms with Gasteiger partial charge in [-0.25, -0.2) is 0 Å². The highest BCUT2D eigenvalue weighted by molar-refractivity contribution is 8.00. The Morgan fingerprint density at radius 2 is 1.80 bits per heavy atom. The third-order valence-electron chi connectivity index (χ3n) is 3.72. The quantitative estimate of drug-likeness (QED) is 0.559. The SMILES string of the molecule is COc1ccc(CCNC(=O)C(C)Sc2ccc(N)cc2)cc1OC. The first kappa shape index (κ1) is 19.0. The summed E-state index contributed by atoms with van der Waals surface area (Å²) in [4.78, 5) is 13.3. The molecule has 0 bridgehead atoms. The van der Waals surface area contributed by atoms with Crippen molar-refractivity contribution in [3.05, 3.63) is 48.0 Å². The van der Waals surface area contributed by atoms with Crippen LogP contribution in [0.5, 0.6) is 11.5 Å². The Bertz CT molecular complexity index is 704. The number of benzene rings is 2. The molecule has 1 atom stereocenters. The molecule has 1 unspecified atom stereocenters. The second-order valence-electron chi connectivity index (χ2n) is 5.56. The molecule has 1 amide bonds. The van der Waals surface area contributed by atoms with Gasteiger partial charge in [0.25, 0.3) is 0 Å². The zero-order valence-electron chi connectivity index (χ0n) is 14.7. The third kappa shape index (κ3) is 5.60. The molecule has 6 heteroatoms. The predicted molar refractivity (Wildman–Crippen MR) is 102 cm³/mol. The predicted octanol–water partition coefficient (Wildman–Crippen LogP) is 3.13. The van der Waals surface area contributed by atoms with Crippen molar-refractivity contribution < 1.29 is 14.3 Å². The molecule has 0 saturated heterocycles. The lowest BCUT2D eigenvalue weighted by Gasteiger charge is -2.13. The van der Waals surface area contributed by atoms with E-state index in [0.717, 1.165) is 22.6 Å². The number of amides is 1. The van der Waals surface area contributed by atoms with Gasteiger partial charge in [0.05, 0.1) is 19.5 Å². The molecule has 2 rings (SSSR count). The molecular formula is C19H24N2O3S. The first-order chi connectivity index (χ1) is 12.0. The number of carbonyl (C=O) groups excluding carboxylic acids is 1. The van der Waals surface area contributed by atoms with Crippen LogP contribution in [0.1, 0.15) is 12.5 Å². The van der Waals surface area contributed by atoms with E-state index in [1.165, 1.54) is 11.8 Å². The number of nitrogens with one attached hydrogen (secondary N) is 1. The van der Waals surface area contributed by atoms with Crippen LogP contribution in [-0.2, 0) is 11.2 Å². The van der Waals surface area contributed by atoms with E-state index < -0.39 is 0 Å². The highest BCUT2D eigenvalue weighted by Crippen LogP contribution is 2.27. The lowest BCUT2D eigenvalue weighted by Crippen LogP contribution is -2.32. The number of nitrogen functional groups attached to an aromatic ring is 1. The van der Waals surface area contributed by atoms with Crippen LogP contribution in [0.2, 0.25) is 0 Å². The van der Waals surface area contributed by atoms with Crippen molar-refractivity contribution in [2.75, 3.05) is 26.5 Å². The van der Waals surface area contributed by atoms with Gasteiger partial charge < -0.3 is 20.5 Å². The van der Waals surface area contributed by atoms with E-state index in [1.807, 2.05) is 49.4 Å². The zero-order chi connectivity index (χ0) is 18.2. The molecule has 3 N–H and O–H groups in total. The maximum Gasteiger partial charge on any atom is 0.233 e. The average Bonchev–Trinajstić information content (AvgIpc) is 2.63. The minimum Gasteiger partial charge on any atom is -0.493 e. The van der Waals surface area contributed by atoms with E-state index in [0.29, 0.717) is 18.0 Å². The number of hydrogen-bond donors (Lipinski definition) is 2. The molecule has 2 aromatic rings. The molecule has 0 aliphatic heterocycles. The summed E-state index contributed by atoms with van der Waals surface area (Å²) < 4.78 is 10.5. The first-order valence-corrected chi connectivity index (χ1v) is 8.92. The Morgan fingerprint density at radius 1 is 1.12 bits per heavy atom. The smallest absolute Gasteiger partial charge is 0.233 e. The number of nitrogens with two attached hydrogens (primary N) is 1. The molecule has 0 radical (unpaired) electrons. The van der Waals surface area contributed by atoms with Crippen LogP contribution in [-0.4, -0.2) is 31.9 Å². The maximum atomic E-state index is 12.2. The van der Waals surface area contributed by atoms with Crippen LogP contribution in [0.4, 0.5) is 5.69 Å². The van der Waals surface area contributed by atoms with Crippen molar-refractivity contribution in [2.45, 2.75) is 23.5 Å². The summed E-state index contributed by atoms with van der Waals surface area (Å²) in [7, 11) is 3.22. The molecule has 0 aliphatic rings. The molecular weight excluding hydrogens is 336 g/mol. The molecule has 0 saturated carbocycles. The molecule has 0 aromatic heterocycles. The molecule has 134 valence electrons. The van der Waals surface area contributed by atoms with Crippen LogP contribution in [0.15, 0.2) is 47.4 Å². The molecule has 0 heterocycles. The summed E-state index contributed by atoms with van der Waals surface area (Å²) in [5.74, 6) is 1.41.